The van der Waals surface area contributed by atoms with Gasteiger partial charge in [-0.15, -0.1) is 24.0 Å². The molecule has 0 aromatic heterocycles. The molecule has 0 atom stereocenters. The lowest BCUT2D eigenvalue weighted by molar-refractivity contribution is 0.0953. The van der Waals surface area contributed by atoms with Gasteiger partial charge >= 0.3 is 0 Å². The molecule has 6 heteroatoms. The minimum absolute atomic E-state index is 0. The van der Waals surface area contributed by atoms with Gasteiger partial charge in [0.1, 0.15) is 0 Å². The van der Waals surface area contributed by atoms with Crippen LogP contribution < -0.4 is 10.6 Å². The topological polar surface area (TPSA) is 56.7 Å². The van der Waals surface area contributed by atoms with Crippen LogP contribution in [0, 0.1) is 5.41 Å². The van der Waals surface area contributed by atoms with Crippen molar-refractivity contribution in [2.75, 3.05) is 33.2 Å². The molecule has 1 aromatic rings. The van der Waals surface area contributed by atoms with Crippen LogP contribution in [-0.4, -0.2) is 50.0 Å². The van der Waals surface area contributed by atoms with E-state index < -0.39 is 0 Å². The van der Waals surface area contributed by atoms with Crippen molar-refractivity contribution in [2.24, 2.45) is 10.4 Å². The van der Waals surface area contributed by atoms with Gasteiger partial charge in [0, 0.05) is 38.8 Å². The molecule has 0 radical (unpaired) electrons. The van der Waals surface area contributed by atoms with Crippen molar-refractivity contribution in [3.8, 4) is 0 Å². The summed E-state index contributed by atoms with van der Waals surface area (Å²) in [4.78, 5) is 18.8. The van der Waals surface area contributed by atoms with E-state index in [2.05, 4.69) is 20.5 Å². The number of rotatable bonds is 5. The zero-order chi connectivity index (χ0) is 16.8. The summed E-state index contributed by atoms with van der Waals surface area (Å²) in [5, 5.41) is 6.39. The van der Waals surface area contributed by atoms with Gasteiger partial charge in [-0.3, -0.25) is 9.79 Å². The summed E-state index contributed by atoms with van der Waals surface area (Å²) in [6, 6.07) is 9.34. The number of carbonyl (C=O) groups is 1. The molecule has 0 unspecified atom stereocenters. The van der Waals surface area contributed by atoms with E-state index in [9.17, 15) is 4.79 Å². The van der Waals surface area contributed by atoms with E-state index in [0.717, 1.165) is 32.0 Å². The van der Waals surface area contributed by atoms with Gasteiger partial charge in [0.05, 0.1) is 0 Å². The molecule has 25 heavy (non-hydrogen) atoms. The first kappa shape index (κ1) is 20.0. The van der Waals surface area contributed by atoms with Crippen molar-refractivity contribution in [1.82, 2.24) is 15.5 Å². The van der Waals surface area contributed by atoms with Gasteiger partial charge in [-0.05, 0) is 43.2 Å². The highest BCUT2D eigenvalue weighted by Gasteiger charge is 2.43. The number of amides is 1. The van der Waals surface area contributed by atoms with Crippen molar-refractivity contribution < 1.29 is 4.79 Å². The van der Waals surface area contributed by atoms with E-state index in [-0.39, 0.29) is 29.9 Å². The number of aliphatic imine (C=N–C) groups is 1. The number of carbonyl (C=O) groups excluding carboxylic acids is 1. The van der Waals surface area contributed by atoms with Crippen LogP contribution in [-0.2, 0) is 0 Å². The van der Waals surface area contributed by atoms with Crippen LogP contribution >= 0.6 is 24.0 Å². The van der Waals surface area contributed by atoms with Gasteiger partial charge in [0.2, 0.25) is 0 Å². The number of nitrogens with one attached hydrogen (secondary N) is 2. The number of halogens is 1. The summed E-state index contributed by atoms with van der Waals surface area (Å²) in [6.45, 7) is 3.76. The lowest BCUT2D eigenvalue weighted by Crippen LogP contribution is -2.43. The summed E-state index contributed by atoms with van der Waals surface area (Å²) in [7, 11) is 1.85. The molecule has 1 aromatic carbocycles. The molecule has 5 nitrogen and oxygen atoms in total. The van der Waals surface area contributed by atoms with E-state index in [1.807, 2.05) is 37.4 Å². The molecular formula is C19H29IN4O. The van der Waals surface area contributed by atoms with Gasteiger partial charge in [-0.25, -0.2) is 0 Å². The lowest BCUT2D eigenvalue weighted by atomic mass is 9.68. The van der Waals surface area contributed by atoms with E-state index in [1.165, 1.54) is 25.7 Å². The SMILES string of the molecule is CN=C(NCCCNC(=O)c1ccccc1)N1CCC2(CCC2)C1.I. The number of benzene rings is 1. The Balaban J connectivity index is 0.00000225. The van der Waals surface area contributed by atoms with Gasteiger partial charge in [0.25, 0.3) is 5.91 Å². The number of guanidine groups is 1. The maximum absolute atomic E-state index is 12.0. The first-order valence-corrected chi connectivity index (χ1v) is 9.01. The highest BCUT2D eigenvalue weighted by molar-refractivity contribution is 14.0. The second kappa shape index (κ2) is 9.40. The second-order valence-electron chi connectivity index (χ2n) is 6.97. The summed E-state index contributed by atoms with van der Waals surface area (Å²) in [5.41, 5.74) is 1.30. The maximum atomic E-state index is 12.0. The van der Waals surface area contributed by atoms with E-state index in [0.29, 0.717) is 17.5 Å². The first-order valence-electron chi connectivity index (χ1n) is 9.01. The van der Waals surface area contributed by atoms with Crippen LogP contribution in [0.1, 0.15) is 42.5 Å². The maximum Gasteiger partial charge on any atom is 0.251 e. The molecule has 2 aliphatic rings. The molecule has 2 N–H and O–H groups in total. The van der Waals surface area contributed by atoms with Crippen molar-refractivity contribution in [1.29, 1.82) is 0 Å². The third-order valence-corrected chi connectivity index (χ3v) is 5.32. The largest absolute Gasteiger partial charge is 0.356 e. The Hall–Kier alpha value is -1.31. The third kappa shape index (κ3) is 5.09. The number of nitrogens with zero attached hydrogens (tertiary/aromatic N) is 2. The average molecular weight is 456 g/mol. The second-order valence-corrected chi connectivity index (χ2v) is 6.97. The highest BCUT2D eigenvalue weighted by Crippen LogP contribution is 2.47. The molecular weight excluding hydrogens is 427 g/mol. The minimum atomic E-state index is -0.00792. The molecule has 1 spiro atoms. The fourth-order valence-electron chi connectivity index (χ4n) is 3.72. The smallest absolute Gasteiger partial charge is 0.251 e. The average Bonchev–Trinajstić information content (AvgIpc) is 3.04. The zero-order valence-electron chi connectivity index (χ0n) is 15.0. The number of hydrogen-bond acceptors (Lipinski definition) is 2. The Kier molecular flexibility index (Phi) is 7.53. The van der Waals surface area contributed by atoms with Crippen LogP contribution in [0.2, 0.25) is 0 Å². The quantitative estimate of drug-likeness (QED) is 0.310. The Labute approximate surface area is 167 Å². The van der Waals surface area contributed by atoms with Crippen LogP contribution in [0.3, 0.4) is 0 Å². The van der Waals surface area contributed by atoms with Gasteiger partial charge < -0.3 is 15.5 Å². The molecule has 1 heterocycles. The molecule has 3 rings (SSSR count). The first-order chi connectivity index (χ1) is 11.7. The Bertz CT molecular complexity index is 586. The van der Waals surface area contributed by atoms with E-state index in [1.54, 1.807) is 0 Å². The predicted octanol–water partition coefficient (Wildman–Crippen LogP) is 2.88. The molecule has 1 aliphatic heterocycles. The Morgan fingerprint density at radius 2 is 1.88 bits per heavy atom. The van der Waals surface area contributed by atoms with Crippen LogP contribution in [0.15, 0.2) is 35.3 Å². The van der Waals surface area contributed by atoms with Crippen molar-refractivity contribution in [3.05, 3.63) is 35.9 Å². The summed E-state index contributed by atoms with van der Waals surface area (Å²) < 4.78 is 0. The Morgan fingerprint density at radius 3 is 2.48 bits per heavy atom. The fraction of sp³-hybridized carbons (Fsp3) is 0.579. The number of likely N-dealkylation sites (tertiary alicyclic amines) is 1. The van der Waals surface area contributed by atoms with E-state index in [4.69, 9.17) is 0 Å². The monoisotopic (exact) mass is 456 g/mol. The molecule has 1 aliphatic carbocycles. The summed E-state index contributed by atoms with van der Waals surface area (Å²) in [6.07, 6.45) is 6.34. The molecule has 1 amide bonds. The molecule has 1 saturated carbocycles. The third-order valence-electron chi connectivity index (χ3n) is 5.32. The van der Waals surface area contributed by atoms with Crippen LogP contribution in [0.4, 0.5) is 0 Å². The molecule has 138 valence electrons. The molecule has 2 fully saturated rings. The Morgan fingerprint density at radius 1 is 1.16 bits per heavy atom. The van der Waals surface area contributed by atoms with Gasteiger partial charge in [-0.2, -0.15) is 0 Å². The predicted molar refractivity (Wildman–Crippen MR) is 113 cm³/mol. The summed E-state index contributed by atoms with van der Waals surface area (Å²) in [5.74, 6) is 1.000. The molecule has 1 saturated heterocycles. The van der Waals surface area contributed by atoms with Crippen LogP contribution in [0.25, 0.3) is 0 Å². The van der Waals surface area contributed by atoms with Crippen molar-refractivity contribution >= 4 is 35.8 Å². The summed E-state index contributed by atoms with van der Waals surface area (Å²) >= 11 is 0. The highest BCUT2D eigenvalue weighted by atomic mass is 127. The normalized spacial score (nSPS) is 18.4. The van der Waals surface area contributed by atoms with Crippen molar-refractivity contribution in [2.45, 2.75) is 32.1 Å². The molecule has 0 bridgehead atoms. The van der Waals surface area contributed by atoms with Gasteiger partial charge in [0.15, 0.2) is 5.96 Å². The van der Waals surface area contributed by atoms with E-state index >= 15 is 0 Å². The fourth-order valence-corrected chi connectivity index (χ4v) is 3.72. The van der Waals surface area contributed by atoms with Gasteiger partial charge in [-0.1, -0.05) is 24.6 Å². The minimum Gasteiger partial charge on any atom is -0.356 e. The van der Waals surface area contributed by atoms with Crippen LogP contribution in [0.5, 0.6) is 0 Å². The lowest BCUT2D eigenvalue weighted by Gasteiger charge is -2.38. The number of hydrogen-bond donors (Lipinski definition) is 2. The standard InChI is InChI=1S/C19H28N4O.HI/c1-20-18(23-14-11-19(15-23)9-5-10-19)22-13-6-12-21-17(24)16-7-3-2-4-8-16;/h2-4,7-8H,5-6,9-15H2,1H3,(H,20,22)(H,21,24);1H. The zero-order valence-corrected chi connectivity index (χ0v) is 17.3. The van der Waals surface area contributed by atoms with Crippen molar-refractivity contribution in [3.63, 3.8) is 0 Å².